The van der Waals surface area contributed by atoms with E-state index < -0.39 is 11.7 Å². The van der Waals surface area contributed by atoms with Gasteiger partial charge in [0.05, 0.1) is 15.1 Å². The number of hydrogen-bond donors (Lipinski definition) is 1. The molecule has 206 valence electrons. The fraction of sp³-hybridized carbons (Fsp3) is 0.0333. The lowest BCUT2D eigenvalue weighted by Crippen LogP contribution is -2.27. The Morgan fingerprint density at radius 3 is 2.56 bits per heavy atom. The molecule has 1 fully saturated rings. The van der Waals surface area contributed by atoms with Gasteiger partial charge in [0.25, 0.3) is 11.8 Å². The first-order valence-electron chi connectivity index (χ1n) is 12.0. The quantitative estimate of drug-likeness (QED) is 0.155. The highest BCUT2D eigenvalue weighted by atomic mass is 79.9. The molecular formula is C30H18BrCl2FN2O3S2. The van der Waals surface area contributed by atoms with Crippen LogP contribution in [0.25, 0.3) is 6.08 Å². The summed E-state index contributed by atoms with van der Waals surface area (Å²) < 4.78 is 20.1. The van der Waals surface area contributed by atoms with Gasteiger partial charge in [0.15, 0.2) is 4.32 Å². The van der Waals surface area contributed by atoms with Gasteiger partial charge >= 0.3 is 0 Å². The van der Waals surface area contributed by atoms with Gasteiger partial charge in [-0.25, -0.2) is 4.39 Å². The molecule has 0 unspecified atom stereocenters. The van der Waals surface area contributed by atoms with Gasteiger partial charge in [-0.05, 0) is 94.3 Å². The molecule has 41 heavy (non-hydrogen) atoms. The van der Waals surface area contributed by atoms with Gasteiger partial charge in [-0.3, -0.25) is 14.5 Å². The van der Waals surface area contributed by atoms with Crippen LogP contribution in [0.4, 0.5) is 15.8 Å². The molecule has 0 atom stereocenters. The van der Waals surface area contributed by atoms with Crippen LogP contribution in [0.5, 0.6) is 5.75 Å². The molecule has 0 saturated carbocycles. The maximum absolute atomic E-state index is 13.3. The fourth-order valence-electron chi connectivity index (χ4n) is 3.88. The van der Waals surface area contributed by atoms with Gasteiger partial charge in [0.1, 0.15) is 18.2 Å². The highest BCUT2D eigenvalue weighted by Gasteiger charge is 2.33. The number of nitrogens with one attached hydrogen (secondary N) is 1. The van der Waals surface area contributed by atoms with Crippen LogP contribution in [0.15, 0.2) is 94.3 Å². The van der Waals surface area contributed by atoms with Crippen LogP contribution in [-0.4, -0.2) is 16.1 Å². The van der Waals surface area contributed by atoms with Crippen molar-refractivity contribution >= 4 is 96.7 Å². The Labute approximate surface area is 263 Å². The summed E-state index contributed by atoms with van der Waals surface area (Å²) in [7, 11) is 0. The molecule has 1 N–H and O–H groups in total. The molecule has 5 nitrogen and oxygen atoms in total. The maximum Gasteiger partial charge on any atom is 0.270 e. The molecule has 1 saturated heterocycles. The van der Waals surface area contributed by atoms with Crippen molar-refractivity contribution in [3.63, 3.8) is 0 Å². The van der Waals surface area contributed by atoms with Crippen molar-refractivity contribution in [3.8, 4) is 5.75 Å². The Morgan fingerprint density at radius 1 is 1.05 bits per heavy atom. The molecule has 1 heterocycles. The molecule has 2 amide bonds. The van der Waals surface area contributed by atoms with Crippen LogP contribution < -0.4 is 15.0 Å². The van der Waals surface area contributed by atoms with Gasteiger partial charge < -0.3 is 10.1 Å². The van der Waals surface area contributed by atoms with E-state index in [1.54, 1.807) is 48.5 Å². The molecule has 0 radical (unpaired) electrons. The Kier molecular flexibility index (Phi) is 9.11. The minimum Gasteiger partial charge on any atom is -0.488 e. The third-order valence-corrected chi connectivity index (χ3v) is 8.42. The predicted octanol–water partition coefficient (Wildman–Crippen LogP) is 9.13. The van der Waals surface area contributed by atoms with E-state index >= 15 is 0 Å². The molecule has 5 rings (SSSR count). The molecule has 0 aliphatic carbocycles. The summed E-state index contributed by atoms with van der Waals surface area (Å²) in [6, 6.07) is 22.7. The van der Waals surface area contributed by atoms with E-state index in [1.165, 1.54) is 40.9 Å². The van der Waals surface area contributed by atoms with E-state index in [9.17, 15) is 14.0 Å². The molecule has 1 aliphatic heterocycles. The minimum absolute atomic E-state index is 0.258. The number of ether oxygens (including phenoxy) is 1. The first-order valence-corrected chi connectivity index (χ1v) is 14.8. The van der Waals surface area contributed by atoms with Gasteiger partial charge in [-0.2, -0.15) is 0 Å². The zero-order chi connectivity index (χ0) is 29.1. The number of amides is 2. The van der Waals surface area contributed by atoms with Crippen LogP contribution in [-0.2, 0) is 11.4 Å². The van der Waals surface area contributed by atoms with Crippen molar-refractivity contribution in [2.45, 2.75) is 6.61 Å². The summed E-state index contributed by atoms with van der Waals surface area (Å²) in [5.41, 5.74) is 2.80. The number of thiocarbonyl (C=S) groups is 1. The van der Waals surface area contributed by atoms with Gasteiger partial charge in [-0.1, -0.05) is 65.4 Å². The lowest BCUT2D eigenvalue weighted by atomic mass is 10.1. The fourth-order valence-corrected chi connectivity index (χ4v) is 6.16. The zero-order valence-electron chi connectivity index (χ0n) is 20.9. The Hall–Kier alpha value is -3.21. The average molecular weight is 688 g/mol. The first-order chi connectivity index (χ1) is 19.7. The Morgan fingerprint density at radius 2 is 1.83 bits per heavy atom. The molecule has 0 spiro atoms. The summed E-state index contributed by atoms with van der Waals surface area (Å²) >= 11 is 22.4. The van der Waals surface area contributed by atoms with Crippen molar-refractivity contribution in [1.29, 1.82) is 0 Å². The molecule has 0 bridgehead atoms. The van der Waals surface area contributed by atoms with Crippen molar-refractivity contribution < 1.29 is 18.7 Å². The monoisotopic (exact) mass is 686 g/mol. The van der Waals surface area contributed by atoms with Crippen LogP contribution >= 0.6 is 63.1 Å². The molecule has 0 aromatic heterocycles. The lowest BCUT2D eigenvalue weighted by molar-refractivity contribution is -0.113. The normalized spacial score (nSPS) is 14.0. The predicted molar refractivity (Wildman–Crippen MR) is 171 cm³/mol. The number of benzene rings is 4. The van der Waals surface area contributed by atoms with Crippen LogP contribution in [0.1, 0.15) is 21.5 Å². The summed E-state index contributed by atoms with van der Waals surface area (Å²) in [5.74, 6) is -0.491. The summed E-state index contributed by atoms with van der Waals surface area (Å²) in [4.78, 5) is 27.9. The second kappa shape index (κ2) is 12.8. The van der Waals surface area contributed by atoms with Crippen molar-refractivity contribution in [2.75, 3.05) is 10.2 Å². The third kappa shape index (κ3) is 6.99. The molecule has 4 aromatic rings. The molecule has 4 aromatic carbocycles. The summed E-state index contributed by atoms with van der Waals surface area (Å²) in [6.45, 7) is 0.258. The van der Waals surface area contributed by atoms with E-state index in [0.717, 1.165) is 11.1 Å². The SMILES string of the molecule is O=C(Nc1ccc(F)cc1)c1cccc(N2C(=O)/C(=C\c3ccc(OCc4ccc(Cl)cc4Cl)c(Br)c3)SC2=S)c1. The summed E-state index contributed by atoms with van der Waals surface area (Å²) in [6.07, 6.45) is 1.75. The smallest absolute Gasteiger partial charge is 0.270 e. The third-order valence-electron chi connectivity index (χ3n) is 5.91. The van der Waals surface area contributed by atoms with Gasteiger partial charge in [-0.15, -0.1) is 0 Å². The molecule has 1 aliphatic rings. The lowest BCUT2D eigenvalue weighted by Gasteiger charge is -2.15. The van der Waals surface area contributed by atoms with E-state index in [0.29, 0.717) is 46.4 Å². The van der Waals surface area contributed by atoms with Crippen LogP contribution in [0.3, 0.4) is 0 Å². The van der Waals surface area contributed by atoms with E-state index in [2.05, 4.69) is 21.2 Å². The second-order valence-electron chi connectivity index (χ2n) is 8.74. The minimum atomic E-state index is -0.399. The Balaban J connectivity index is 1.29. The van der Waals surface area contributed by atoms with Crippen LogP contribution in [0.2, 0.25) is 10.0 Å². The number of hydrogen-bond acceptors (Lipinski definition) is 5. The largest absolute Gasteiger partial charge is 0.488 e. The topological polar surface area (TPSA) is 58.6 Å². The molecular weight excluding hydrogens is 670 g/mol. The summed E-state index contributed by atoms with van der Waals surface area (Å²) in [5, 5.41) is 3.79. The highest BCUT2D eigenvalue weighted by molar-refractivity contribution is 9.10. The number of carbonyl (C=O) groups is 2. The maximum atomic E-state index is 13.3. The molecule has 11 heteroatoms. The zero-order valence-corrected chi connectivity index (χ0v) is 25.6. The van der Waals surface area contributed by atoms with E-state index in [1.807, 2.05) is 18.2 Å². The second-order valence-corrected chi connectivity index (χ2v) is 12.1. The van der Waals surface area contributed by atoms with Gasteiger partial charge in [0, 0.05) is 26.9 Å². The van der Waals surface area contributed by atoms with Crippen molar-refractivity contribution in [3.05, 3.63) is 127 Å². The Bertz CT molecular complexity index is 1720. The first kappa shape index (κ1) is 29.3. The van der Waals surface area contributed by atoms with Gasteiger partial charge in [0.2, 0.25) is 0 Å². The standard InChI is InChI=1S/C30H18BrCl2FN2O3S2/c31-24-12-17(4-11-26(24)39-16-19-5-6-20(32)15-25(19)33)13-27-29(38)36(30(40)41-27)23-3-1-2-18(14-23)28(37)35-22-9-7-21(34)8-10-22/h1-15H,16H2,(H,35,37)/b27-13+. The number of anilines is 2. The number of rotatable bonds is 7. The van der Waals surface area contributed by atoms with E-state index in [4.69, 9.17) is 40.2 Å². The number of halogens is 4. The number of thioether (sulfide) groups is 1. The van der Waals surface area contributed by atoms with E-state index in [-0.39, 0.29) is 12.5 Å². The average Bonchev–Trinajstić information content (AvgIpc) is 3.22. The number of nitrogens with zero attached hydrogens (tertiary/aromatic N) is 1. The van der Waals surface area contributed by atoms with Crippen molar-refractivity contribution in [2.24, 2.45) is 0 Å². The number of carbonyl (C=O) groups excluding carboxylic acids is 2. The highest BCUT2D eigenvalue weighted by Crippen LogP contribution is 2.37. The van der Waals surface area contributed by atoms with Crippen LogP contribution in [0, 0.1) is 5.82 Å². The van der Waals surface area contributed by atoms with Crippen molar-refractivity contribution in [1.82, 2.24) is 0 Å².